The predicted octanol–water partition coefficient (Wildman–Crippen LogP) is 1.47. The van der Waals surface area contributed by atoms with E-state index in [9.17, 15) is 4.79 Å². The zero-order chi connectivity index (χ0) is 10.7. The predicted molar refractivity (Wildman–Crippen MR) is 51.6 cm³/mol. The highest BCUT2D eigenvalue weighted by molar-refractivity contribution is 5.85. The van der Waals surface area contributed by atoms with Gasteiger partial charge in [0.2, 0.25) is 0 Å². The van der Waals surface area contributed by atoms with E-state index in [4.69, 9.17) is 9.52 Å². The van der Waals surface area contributed by atoms with Gasteiger partial charge in [0.05, 0.1) is 0 Å². The number of carbonyl (C=O) groups is 1. The van der Waals surface area contributed by atoms with Crippen molar-refractivity contribution in [1.29, 1.82) is 0 Å². The molecule has 5 nitrogen and oxygen atoms in total. The zero-order valence-corrected chi connectivity index (χ0v) is 8.52. The van der Waals surface area contributed by atoms with Crippen molar-refractivity contribution in [2.75, 3.05) is 18.5 Å². The van der Waals surface area contributed by atoms with E-state index in [0.29, 0.717) is 11.9 Å². The van der Waals surface area contributed by atoms with Gasteiger partial charge in [0, 0.05) is 13.6 Å². The molecule has 0 aliphatic rings. The second kappa shape index (κ2) is 4.13. The van der Waals surface area contributed by atoms with Crippen LogP contribution in [-0.2, 0) is 0 Å². The third-order valence-corrected chi connectivity index (χ3v) is 1.68. The molecule has 5 heteroatoms. The normalized spacial score (nSPS) is 10.6. The van der Waals surface area contributed by atoms with E-state index in [-0.39, 0.29) is 5.69 Å². The van der Waals surface area contributed by atoms with E-state index in [0.717, 1.165) is 12.8 Å². The number of aromatic nitrogens is 1. The molecular weight excluding hydrogens is 184 g/mol. The minimum absolute atomic E-state index is 0.0596. The topological polar surface area (TPSA) is 66.6 Å². The molecule has 0 bridgehead atoms. The molecule has 78 valence electrons. The summed E-state index contributed by atoms with van der Waals surface area (Å²) in [6.45, 7) is 4.91. The van der Waals surface area contributed by atoms with Crippen LogP contribution < -0.4 is 4.90 Å². The zero-order valence-electron chi connectivity index (χ0n) is 8.52. The number of hydrogen-bond donors (Lipinski definition) is 1. The van der Waals surface area contributed by atoms with Crippen LogP contribution in [0.1, 0.15) is 24.3 Å². The average molecular weight is 198 g/mol. The highest BCUT2D eigenvalue weighted by Crippen LogP contribution is 2.13. The van der Waals surface area contributed by atoms with E-state index < -0.39 is 5.97 Å². The van der Waals surface area contributed by atoms with Crippen molar-refractivity contribution in [2.24, 2.45) is 5.92 Å². The maximum absolute atomic E-state index is 10.5. The molecule has 0 aliphatic carbocycles. The second-order valence-corrected chi connectivity index (χ2v) is 3.59. The largest absolute Gasteiger partial charge is 0.476 e. The van der Waals surface area contributed by atoms with Crippen LogP contribution >= 0.6 is 0 Å². The van der Waals surface area contributed by atoms with Gasteiger partial charge in [-0.2, -0.15) is 4.98 Å². The molecule has 0 saturated heterocycles. The Bertz CT molecular complexity index is 320. The SMILES string of the molecule is CC(C)CN(C)c1nc(C(=O)O)co1. The molecule has 0 atom stereocenters. The van der Waals surface area contributed by atoms with Crippen LogP contribution in [0.2, 0.25) is 0 Å². The Morgan fingerprint density at radius 1 is 1.71 bits per heavy atom. The molecule has 1 N–H and O–H groups in total. The van der Waals surface area contributed by atoms with Crippen molar-refractivity contribution >= 4 is 12.0 Å². The number of oxazole rings is 1. The van der Waals surface area contributed by atoms with Gasteiger partial charge in [-0.3, -0.25) is 0 Å². The minimum atomic E-state index is -1.07. The quantitative estimate of drug-likeness (QED) is 0.793. The Kier molecular flexibility index (Phi) is 3.11. The number of anilines is 1. The average Bonchev–Trinajstić information content (AvgIpc) is 2.50. The number of carboxylic acids is 1. The van der Waals surface area contributed by atoms with Crippen molar-refractivity contribution < 1.29 is 14.3 Å². The monoisotopic (exact) mass is 198 g/mol. The number of rotatable bonds is 4. The van der Waals surface area contributed by atoms with E-state index in [1.165, 1.54) is 0 Å². The first-order chi connectivity index (χ1) is 6.50. The fraction of sp³-hybridized carbons (Fsp3) is 0.556. The summed E-state index contributed by atoms with van der Waals surface area (Å²) >= 11 is 0. The van der Waals surface area contributed by atoms with E-state index in [1.807, 2.05) is 7.05 Å². The molecule has 0 fully saturated rings. The lowest BCUT2D eigenvalue weighted by molar-refractivity contribution is 0.0690. The first-order valence-electron chi connectivity index (χ1n) is 4.40. The Labute approximate surface area is 82.4 Å². The van der Waals surface area contributed by atoms with Gasteiger partial charge >= 0.3 is 5.97 Å². The van der Waals surface area contributed by atoms with Crippen molar-refractivity contribution in [1.82, 2.24) is 4.98 Å². The molecule has 0 radical (unpaired) electrons. The Hall–Kier alpha value is -1.52. The third-order valence-electron chi connectivity index (χ3n) is 1.68. The fourth-order valence-corrected chi connectivity index (χ4v) is 1.16. The van der Waals surface area contributed by atoms with Crippen LogP contribution in [0, 0.1) is 5.92 Å². The molecule has 0 aliphatic heterocycles. The molecular formula is C9H14N2O3. The first kappa shape index (κ1) is 10.6. The molecule has 0 amide bonds. The second-order valence-electron chi connectivity index (χ2n) is 3.59. The van der Waals surface area contributed by atoms with Gasteiger partial charge in [0.1, 0.15) is 6.26 Å². The van der Waals surface area contributed by atoms with Gasteiger partial charge in [-0.25, -0.2) is 4.79 Å². The molecule has 0 saturated carbocycles. The first-order valence-corrected chi connectivity index (χ1v) is 4.40. The minimum Gasteiger partial charge on any atom is -0.476 e. The highest BCUT2D eigenvalue weighted by atomic mass is 16.4. The summed E-state index contributed by atoms with van der Waals surface area (Å²) in [7, 11) is 1.82. The van der Waals surface area contributed by atoms with Crippen LogP contribution in [0.4, 0.5) is 6.01 Å². The van der Waals surface area contributed by atoms with Crippen molar-refractivity contribution in [3.63, 3.8) is 0 Å². The van der Waals surface area contributed by atoms with Gasteiger partial charge in [-0.05, 0) is 5.92 Å². The van der Waals surface area contributed by atoms with Crippen molar-refractivity contribution in [2.45, 2.75) is 13.8 Å². The summed E-state index contributed by atoms with van der Waals surface area (Å²) in [4.78, 5) is 16.1. The van der Waals surface area contributed by atoms with Gasteiger partial charge < -0.3 is 14.4 Å². The molecule has 1 heterocycles. The van der Waals surface area contributed by atoms with Gasteiger partial charge in [-0.1, -0.05) is 13.8 Å². The lowest BCUT2D eigenvalue weighted by atomic mass is 10.2. The smallest absolute Gasteiger partial charge is 0.357 e. The number of hydrogen-bond acceptors (Lipinski definition) is 4. The lowest BCUT2D eigenvalue weighted by Gasteiger charge is -2.16. The molecule has 14 heavy (non-hydrogen) atoms. The van der Waals surface area contributed by atoms with E-state index in [2.05, 4.69) is 18.8 Å². The van der Waals surface area contributed by atoms with Crippen LogP contribution in [0.15, 0.2) is 10.7 Å². The van der Waals surface area contributed by atoms with Gasteiger partial charge in [0.25, 0.3) is 6.01 Å². The third kappa shape index (κ3) is 2.48. The highest BCUT2D eigenvalue weighted by Gasteiger charge is 2.13. The van der Waals surface area contributed by atoms with E-state index in [1.54, 1.807) is 4.90 Å². The lowest BCUT2D eigenvalue weighted by Crippen LogP contribution is -2.22. The molecule has 1 rings (SSSR count). The Balaban J connectivity index is 2.71. The number of aromatic carboxylic acids is 1. The molecule has 0 aromatic carbocycles. The van der Waals surface area contributed by atoms with Crippen molar-refractivity contribution in [3.8, 4) is 0 Å². The summed E-state index contributed by atoms with van der Waals surface area (Å²) in [5, 5.41) is 8.62. The maximum atomic E-state index is 10.5. The van der Waals surface area contributed by atoms with E-state index >= 15 is 0 Å². The maximum Gasteiger partial charge on any atom is 0.357 e. The summed E-state index contributed by atoms with van der Waals surface area (Å²) in [5.74, 6) is -0.599. The molecule has 0 spiro atoms. The fourth-order valence-electron chi connectivity index (χ4n) is 1.16. The van der Waals surface area contributed by atoms with Gasteiger partial charge in [-0.15, -0.1) is 0 Å². The number of nitrogens with zero attached hydrogens (tertiary/aromatic N) is 2. The van der Waals surface area contributed by atoms with Crippen LogP contribution in [0.5, 0.6) is 0 Å². The summed E-state index contributed by atoms with van der Waals surface area (Å²) in [5.41, 5.74) is -0.0596. The number of carboxylic acid groups (broad SMARTS) is 1. The van der Waals surface area contributed by atoms with Crippen LogP contribution in [0.25, 0.3) is 0 Å². The Morgan fingerprint density at radius 2 is 2.36 bits per heavy atom. The van der Waals surface area contributed by atoms with Crippen molar-refractivity contribution in [3.05, 3.63) is 12.0 Å². The summed E-state index contributed by atoms with van der Waals surface area (Å²) in [6.07, 6.45) is 1.15. The molecule has 1 aromatic rings. The van der Waals surface area contributed by atoms with Gasteiger partial charge in [0.15, 0.2) is 5.69 Å². The molecule has 0 unspecified atom stereocenters. The van der Waals surface area contributed by atoms with Crippen LogP contribution in [-0.4, -0.2) is 29.7 Å². The molecule has 1 aromatic heterocycles. The Morgan fingerprint density at radius 3 is 2.79 bits per heavy atom. The standard InChI is InChI=1S/C9H14N2O3/c1-6(2)4-11(3)9-10-7(5-14-9)8(12)13/h5-6H,4H2,1-3H3,(H,12,13). The summed E-state index contributed by atoms with van der Waals surface area (Å²) < 4.78 is 5.02. The summed E-state index contributed by atoms with van der Waals surface area (Å²) in [6, 6.07) is 0.344. The van der Waals surface area contributed by atoms with Crippen LogP contribution in [0.3, 0.4) is 0 Å².